The van der Waals surface area contributed by atoms with E-state index >= 15 is 0 Å². The summed E-state index contributed by atoms with van der Waals surface area (Å²) in [4.78, 5) is 0. The molecule has 1 aliphatic rings. The number of rotatable bonds is 5. The maximum absolute atomic E-state index is 5.26. The molecule has 0 bridgehead atoms. The molecule has 0 saturated heterocycles. The Morgan fingerprint density at radius 2 is 1.84 bits per heavy atom. The van der Waals surface area contributed by atoms with Crippen molar-refractivity contribution in [2.24, 2.45) is 5.92 Å². The van der Waals surface area contributed by atoms with Crippen LogP contribution >= 0.6 is 0 Å². The van der Waals surface area contributed by atoms with Crippen LogP contribution in [-0.2, 0) is 0 Å². The molecule has 0 heterocycles. The molecule has 0 spiro atoms. The molecule has 1 aromatic carbocycles. The van der Waals surface area contributed by atoms with Crippen molar-refractivity contribution >= 4 is 0 Å². The van der Waals surface area contributed by atoms with Gasteiger partial charge in [0.2, 0.25) is 0 Å². The first-order chi connectivity index (χ1) is 9.35. The Hall–Kier alpha value is -1.02. The van der Waals surface area contributed by atoms with Gasteiger partial charge in [0.25, 0.3) is 0 Å². The lowest BCUT2D eigenvalue weighted by Crippen LogP contribution is -2.26. The average molecular weight is 261 g/mol. The molecule has 0 amide bonds. The SMILES string of the molecule is CCNCC1CCCCCC1c1ccc(OC)cc1. The summed E-state index contributed by atoms with van der Waals surface area (Å²) in [5.41, 5.74) is 1.49. The van der Waals surface area contributed by atoms with Crippen LogP contribution in [0.3, 0.4) is 0 Å². The van der Waals surface area contributed by atoms with E-state index in [9.17, 15) is 0 Å². The van der Waals surface area contributed by atoms with Gasteiger partial charge in [-0.1, -0.05) is 38.3 Å². The predicted octanol–water partition coefficient (Wildman–Crippen LogP) is 3.97. The Bertz CT molecular complexity index is 360. The van der Waals surface area contributed by atoms with Crippen molar-refractivity contribution < 1.29 is 4.74 Å². The van der Waals surface area contributed by atoms with Crippen molar-refractivity contribution in [3.8, 4) is 5.75 Å². The number of ether oxygens (including phenoxy) is 1. The van der Waals surface area contributed by atoms with Gasteiger partial charge in [0, 0.05) is 0 Å². The first kappa shape index (κ1) is 14.4. The van der Waals surface area contributed by atoms with Gasteiger partial charge in [-0.05, 0) is 55.5 Å². The van der Waals surface area contributed by atoms with Crippen LogP contribution in [0, 0.1) is 5.92 Å². The third-order valence-corrected chi connectivity index (χ3v) is 4.36. The molecule has 1 aromatic rings. The van der Waals surface area contributed by atoms with E-state index in [0.29, 0.717) is 5.92 Å². The van der Waals surface area contributed by atoms with Crippen molar-refractivity contribution in [3.63, 3.8) is 0 Å². The molecule has 1 N–H and O–H groups in total. The summed E-state index contributed by atoms with van der Waals surface area (Å²) in [6.07, 6.45) is 6.86. The Kier molecular flexibility index (Phi) is 5.71. The molecule has 2 rings (SSSR count). The Labute approximate surface area is 117 Å². The van der Waals surface area contributed by atoms with E-state index in [1.54, 1.807) is 7.11 Å². The van der Waals surface area contributed by atoms with Crippen molar-refractivity contribution in [2.75, 3.05) is 20.2 Å². The van der Waals surface area contributed by atoms with Gasteiger partial charge >= 0.3 is 0 Å². The molecule has 0 aliphatic heterocycles. The van der Waals surface area contributed by atoms with Gasteiger partial charge in [-0.3, -0.25) is 0 Å². The van der Waals surface area contributed by atoms with E-state index in [-0.39, 0.29) is 0 Å². The molecule has 106 valence electrons. The molecular formula is C17H27NO. The van der Waals surface area contributed by atoms with Gasteiger partial charge in [-0.25, -0.2) is 0 Å². The summed E-state index contributed by atoms with van der Waals surface area (Å²) in [7, 11) is 1.73. The van der Waals surface area contributed by atoms with Crippen LogP contribution in [0.5, 0.6) is 5.75 Å². The van der Waals surface area contributed by atoms with E-state index in [1.165, 1.54) is 37.7 Å². The van der Waals surface area contributed by atoms with Crippen molar-refractivity contribution in [1.82, 2.24) is 5.32 Å². The Morgan fingerprint density at radius 1 is 1.11 bits per heavy atom. The molecule has 1 aliphatic carbocycles. The number of hydrogen-bond acceptors (Lipinski definition) is 2. The molecule has 0 radical (unpaired) electrons. The van der Waals surface area contributed by atoms with Gasteiger partial charge in [-0.15, -0.1) is 0 Å². The predicted molar refractivity (Wildman–Crippen MR) is 80.9 cm³/mol. The molecule has 2 nitrogen and oxygen atoms in total. The van der Waals surface area contributed by atoms with Gasteiger partial charge in [-0.2, -0.15) is 0 Å². The molecule has 2 atom stereocenters. The fourth-order valence-electron chi connectivity index (χ4n) is 3.25. The molecule has 1 fully saturated rings. The lowest BCUT2D eigenvalue weighted by molar-refractivity contribution is 0.378. The second kappa shape index (κ2) is 7.54. The normalized spacial score (nSPS) is 23.9. The second-order valence-corrected chi connectivity index (χ2v) is 5.59. The van der Waals surface area contributed by atoms with Gasteiger partial charge < -0.3 is 10.1 Å². The van der Waals surface area contributed by atoms with Crippen molar-refractivity contribution in [3.05, 3.63) is 29.8 Å². The van der Waals surface area contributed by atoms with Gasteiger partial charge in [0.15, 0.2) is 0 Å². The van der Waals surface area contributed by atoms with E-state index in [0.717, 1.165) is 24.8 Å². The lowest BCUT2D eigenvalue weighted by Gasteiger charge is -2.26. The Morgan fingerprint density at radius 3 is 2.53 bits per heavy atom. The Balaban J connectivity index is 2.10. The molecule has 1 saturated carbocycles. The molecule has 2 unspecified atom stereocenters. The summed E-state index contributed by atoms with van der Waals surface area (Å²) in [6, 6.07) is 8.72. The molecule has 2 heteroatoms. The van der Waals surface area contributed by atoms with Crippen molar-refractivity contribution in [2.45, 2.75) is 44.9 Å². The average Bonchev–Trinajstić information content (AvgIpc) is 2.70. The van der Waals surface area contributed by atoms with E-state index in [1.807, 2.05) is 0 Å². The van der Waals surface area contributed by atoms with Crippen LogP contribution < -0.4 is 10.1 Å². The van der Waals surface area contributed by atoms with Crippen LogP contribution in [0.1, 0.15) is 50.5 Å². The third kappa shape index (κ3) is 3.97. The number of methoxy groups -OCH3 is 1. The highest BCUT2D eigenvalue weighted by molar-refractivity contribution is 5.30. The zero-order valence-corrected chi connectivity index (χ0v) is 12.3. The topological polar surface area (TPSA) is 21.3 Å². The largest absolute Gasteiger partial charge is 0.497 e. The monoisotopic (exact) mass is 261 g/mol. The van der Waals surface area contributed by atoms with Crippen LogP contribution in [-0.4, -0.2) is 20.2 Å². The molecular weight excluding hydrogens is 234 g/mol. The highest BCUT2D eigenvalue weighted by Crippen LogP contribution is 2.36. The quantitative estimate of drug-likeness (QED) is 0.810. The smallest absolute Gasteiger partial charge is 0.118 e. The van der Waals surface area contributed by atoms with Crippen LogP contribution in [0.15, 0.2) is 24.3 Å². The van der Waals surface area contributed by atoms with E-state index < -0.39 is 0 Å². The van der Waals surface area contributed by atoms with Gasteiger partial charge in [0.1, 0.15) is 5.75 Å². The second-order valence-electron chi connectivity index (χ2n) is 5.59. The molecule has 0 aromatic heterocycles. The van der Waals surface area contributed by atoms with E-state index in [2.05, 4.69) is 36.5 Å². The van der Waals surface area contributed by atoms with Crippen molar-refractivity contribution in [1.29, 1.82) is 0 Å². The minimum atomic E-state index is 0.715. The fraction of sp³-hybridized carbons (Fsp3) is 0.647. The number of nitrogens with one attached hydrogen (secondary N) is 1. The van der Waals surface area contributed by atoms with Crippen LogP contribution in [0.25, 0.3) is 0 Å². The summed E-state index contributed by atoms with van der Waals surface area (Å²) < 4.78 is 5.26. The minimum Gasteiger partial charge on any atom is -0.497 e. The summed E-state index contributed by atoms with van der Waals surface area (Å²) in [5, 5.41) is 3.54. The molecule has 19 heavy (non-hydrogen) atoms. The fourth-order valence-corrected chi connectivity index (χ4v) is 3.25. The number of benzene rings is 1. The standard InChI is InChI=1S/C17H27NO/c1-3-18-13-15-7-5-4-6-8-17(15)14-9-11-16(19-2)12-10-14/h9-12,15,17-18H,3-8,13H2,1-2H3. The zero-order chi connectivity index (χ0) is 13.5. The van der Waals surface area contributed by atoms with Gasteiger partial charge in [0.05, 0.1) is 7.11 Å². The summed E-state index contributed by atoms with van der Waals surface area (Å²) in [5.74, 6) is 2.46. The summed E-state index contributed by atoms with van der Waals surface area (Å²) >= 11 is 0. The lowest BCUT2D eigenvalue weighted by atomic mass is 9.82. The number of hydrogen-bond donors (Lipinski definition) is 1. The highest BCUT2D eigenvalue weighted by atomic mass is 16.5. The highest BCUT2D eigenvalue weighted by Gasteiger charge is 2.24. The first-order valence-corrected chi connectivity index (χ1v) is 7.69. The van der Waals surface area contributed by atoms with Crippen LogP contribution in [0.4, 0.5) is 0 Å². The van der Waals surface area contributed by atoms with E-state index in [4.69, 9.17) is 4.74 Å². The third-order valence-electron chi connectivity index (χ3n) is 4.36. The maximum Gasteiger partial charge on any atom is 0.118 e. The summed E-state index contributed by atoms with van der Waals surface area (Å²) in [6.45, 7) is 4.43. The first-order valence-electron chi connectivity index (χ1n) is 7.69. The maximum atomic E-state index is 5.26. The van der Waals surface area contributed by atoms with Crippen LogP contribution in [0.2, 0.25) is 0 Å². The minimum absolute atomic E-state index is 0.715. The zero-order valence-electron chi connectivity index (χ0n) is 12.3.